The minimum absolute atomic E-state index is 0.260. The van der Waals surface area contributed by atoms with Crippen molar-refractivity contribution < 1.29 is 14.3 Å². The van der Waals surface area contributed by atoms with Crippen LogP contribution < -0.4 is 5.73 Å². The van der Waals surface area contributed by atoms with E-state index < -0.39 is 0 Å². The van der Waals surface area contributed by atoms with Crippen LogP contribution in [0.1, 0.15) is 0 Å². The van der Waals surface area contributed by atoms with Gasteiger partial charge in [-0.1, -0.05) is 0 Å². The second-order valence-corrected chi connectivity index (χ2v) is 2.92. The molecule has 13 heavy (non-hydrogen) atoms. The highest BCUT2D eigenvalue weighted by atomic mass is 16.5. The maximum absolute atomic E-state index is 11.3. The lowest BCUT2D eigenvalue weighted by molar-refractivity contribution is -0.148. The summed E-state index contributed by atoms with van der Waals surface area (Å²) >= 11 is 0. The second-order valence-electron chi connectivity index (χ2n) is 2.92. The number of hydrogen-bond acceptors (Lipinski definition) is 5. The highest BCUT2D eigenvalue weighted by Crippen LogP contribution is 2.04. The Morgan fingerprint density at radius 1 is 1.62 bits per heavy atom. The zero-order valence-corrected chi connectivity index (χ0v) is 7.86. The van der Waals surface area contributed by atoms with Crippen LogP contribution in [0, 0.1) is 0 Å². The predicted octanol–water partition coefficient (Wildman–Crippen LogP) is -1.18. The summed E-state index contributed by atoms with van der Waals surface area (Å²) in [5.41, 5.74) is 5.50. The molecule has 0 aromatic rings. The molecule has 76 valence electrons. The maximum atomic E-state index is 11.3. The van der Waals surface area contributed by atoms with Gasteiger partial charge in [-0.25, -0.2) is 0 Å². The van der Waals surface area contributed by atoms with Crippen LogP contribution >= 0.6 is 0 Å². The van der Waals surface area contributed by atoms with Crippen LogP contribution in [0.3, 0.4) is 0 Å². The molecule has 1 atom stereocenters. The lowest BCUT2D eigenvalue weighted by Crippen LogP contribution is -2.51. The molecular weight excluding hydrogens is 172 g/mol. The van der Waals surface area contributed by atoms with Crippen LogP contribution in [0.5, 0.6) is 0 Å². The van der Waals surface area contributed by atoms with Crippen molar-refractivity contribution in [2.75, 3.05) is 40.0 Å². The Morgan fingerprint density at radius 3 is 2.69 bits per heavy atom. The third-order valence-corrected chi connectivity index (χ3v) is 2.18. The Hall–Kier alpha value is -0.650. The summed E-state index contributed by atoms with van der Waals surface area (Å²) in [4.78, 5) is 13.3. The van der Waals surface area contributed by atoms with E-state index in [1.54, 1.807) is 0 Å². The Bertz CT molecular complexity index is 169. The molecule has 2 N–H and O–H groups in total. The summed E-state index contributed by atoms with van der Waals surface area (Å²) < 4.78 is 9.83. The van der Waals surface area contributed by atoms with Crippen molar-refractivity contribution in [3.8, 4) is 0 Å². The van der Waals surface area contributed by atoms with Crippen LogP contribution in [0.25, 0.3) is 0 Å². The first-order valence-corrected chi connectivity index (χ1v) is 4.39. The predicted molar refractivity (Wildman–Crippen MR) is 47.3 cm³/mol. The van der Waals surface area contributed by atoms with Crippen molar-refractivity contribution in [3.05, 3.63) is 0 Å². The minimum atomic E-state index is -0.311. The fraction of sp³-hybridized carbons (Fsp3) is 0.875. The third kappa shape index (κ3) is 2.65. The van der Waals surface area contributed by atoms with Crippen molar-refractivity contribution >= 4 is 5.97 Å². The number of rotatable bonds is 3. The summed E-state index contributed by atoms with van der Waals surface area (Å²) in [6.07, 6.45) is 0. The number of nitrogens with two attached hydrogens (primary N) is 1. The van der Waals surface area contributed by atoms with Crippen LogP contribution in [0.4, 0.5) is 0 Å². The number of hydrogen-bond donors (Lipinski definition) is 1. The van der Waals surface area contributed by atoms with Gasteiger partial charge in [0.25, 0.3) is 0 Å². The van der Waals surface area contributed by atoms with Gasteiger partial charge in [-0.05, 0) is 0 Å². The van der Waals surface area contributed by atoms with Gasteiger partial charge in [0.2, 0.25) is 0 Å². The summed E-state index contributed by atoms with van der Waals surface area (Å²) in [7, 11) is 1.38. The number of carbonyl (C=O) groups is 1. The van der Waals surface area contributed by atoms with E-state index in [-0.39, 0.29) is 12.0 Å². The van der Waals surface area contributed by atoms with Crippen LogP contribution in [0.15, 0.2) is 0 Å². The second kappa shape index (κ2) is 5.16. The first-order chi connectivity index (χ1) is 6.29. The van der Waals surface area contributed by atoms with Crippen LogP contribution in [-0.4, -0.2) is 56.9 Å². The molecule has 1 heterocycles. The number of methoxy groups -OCH3 is 1. The average molecular weight is 188 g/mol. The fourth-order valence-electron chi connectivity index (χ4n) is 1.42. The molecule has 0 amide bonds. The van der Waals surface area contributed by atoms with E-state index >= 15 is 0 Å². The Kier molecular flexibility index (Phi) is 4.14. The van der Waals surface area contributed by atoms with Crippen molar-refractivity contribution in [1.29, 1.82) is 0 Å². The number of carbonyl (C=O) groups excluding carboxylic acids is 1. The molecule has 0 aromatic carbocycles. The minimum Gasteiger partial charge on any atom is -0.468 e. The summed E-state index contributed by atoms with van der Waals surface area (Å²) in [6, 6.07) is -0.311. The first-order valence-electron chi connectivity index (χ1n) is 4.39. The number of esters is 1. The van der Waals surface area contributed by atoms with E-state index in [2.05, 4.69) is 4.74 Å². The molecule has 1 aliphatic rings. The van der Waals surface area contributed by atoms with Gasteiger partial charge in [-0.15, -0.1) is 0 Å². The monoisotopic (exact) mass is 188 g/mol. The normalized spacial score (nSPS) is 21.1. The highest BCUT2D eigenvalue weighted by Gasteiger charge is 2.26. The Labute approximate surface area is 77.8 Å². The topological polar surface area (TPSA) is 64.8 Å². The van der Waals surface area contributed by atoms with Gasteiger partial charge in [0.1, 0.15) is 6.04 Å². The lowest BCUT2D eigenvalue weighted by Gasteiger charge is -2.31. The first kappa shape index (κ1) is 10.4. The summed E-state index contributed by atoms with van der Waals surface area (Å²) in [5.74, 6) is -0.260. The molecule has 5 heteroatoms. The molecule has 0 unspecified atom stereocenters. The van der Waals surface area contributed by atoms with Gasteiger partial charge in [-0.3, -0.25) is 9.69 Å². The van der Waals surface area contributed by atoms with Crippen molar-refractivity contribution in [2.24, 2.45) is 5.73 Å². The highest BCUT2D eigenvalue weighted by molar-refractivity contribution is 5.75. The van der Waals surface area contributed by atoms with Crippen molar-refractivity contribution in [2.45, 2.75) is 6.04 Å². The molecule has 1 fully saturated rings. The average Bonchev–Trinajstić information content (AvgIpc) is 2.20. The zero-order valence-electron chi connectivity index (χ0n) is 7.86. The van der Waals surface area contributed by atoms with Crippen LogP contribution in [0.2, 0.25) is 0 Å². The van der Waals surface area contributed by atoms with E-state index in [4.69, 9.17) is 10.5 Å². The maximum Gasteiger partial charge on any atom is 0.324 e. The largest absolute Gasteiger partial charge is 0.468 e. The smallest absolute Gasteiger partial charge is 0.324 e. The lowest BCUT2D eigenvalue weighted by atomic mass is 10.2. The van der Waals surface area contributed by atoms with E-state index in [9.17, 15) is 4.79 Å². The third-order valence-electron chi connectivity index (χ3n) is 2.18. The molecule has 0 aliphatic carbocycles. The SMILES string of the molecule is COC(=O)[C@H](CN)N1CCOCC1. The number of ether oxygens (including phenoxy) is 2. The van der Waals surface area contributed by atoms with E-state index in [1.807, 2.05) is 4.90 Å². The van der Waals surface area contributed by atoms with Crippen molar-refractivity contribution in [1.82, 2.24) is 4.90 Å². The summed E-state index contributed by atoms with van der Waals surface area (Å²) in [5, 5.41) is 0. The van der Waals surface area contributed by atoms with Crippen molar-refractivity contribution in [3.63, 3.8) is 0 Å². The Morgan fingerprint density at radius 2 is 2.23 bits per heavy atom. The van der Waals surface area contributed by atoms with E-state index in [1.165, 1.54) is 7.11 Å². The molecule has 1 saturated heterocycles. The van der Waals surface area contributed by atoms with E-state index in [0.29, 0.717) is 19.8 Å². The van der Waals surface area contributed by atoms with Gasteiger partial charge >= 0.3 is 5.97 Å². The molecular formula is C8H16N2O3. The fourth-order valence-corrected chi connectivity index (χ4v) is 1.42. The summed E-state index contributed by atoms with van der Waals surface area (Å²) in [6.45, 7) is 3.11. The van der Waals surface area contributed by atoms with Crippen LogP contribution in [-0.2, 0) is 14.3 Å². The standard InChI is InChI=1S/C8H16N2O3/c1-12-8(11)7(6-9)10-2-4-13-5-3-10/h7H,2-6,9H2,1H3/t7-/m0/s1. The van der Waals surface area contributed by atoms with E-state index in [0.717, 1.165) is 13.1 Å². The Balaban J connectivity index is 2.48. The molecule has 1 aliphatic heterocycles. The van der Waals surface area contributed by atoms with Gasteiger partial charge in [0, 0.05) is 19.6 Å². The molecule has 0 bridgehead atoms. The molecule has 0 aromatic heterocycles. The van der Waals surface area contributed by atoms with Gasteiger partial charge in [0.15, 0.2) is 0 Å². The van der Waals surface area contributed by atoms with Gasteiger partial charge in [-0.2, -0.15) is 0 Å². The molecule has 1 rings (SSSR count). The number of morpholine rings is 1. The number of nitrogens with zero attached hydrogens (tertiary/aromatic N) is 1. The molecule has 0 spiro atoms. The molecule has 0 saturated carbocycles. The van der Waals surface area contributed by atoms with Gasteiger partial charge < -0.3 is 15.2 Å². The zero-order chi connectivity index (χ0) is 9.68. The molecule has 0 radical (unpaired) electrons. The quantitative estimate of drug-likeness (QED) is 0.565. The van der Waals surface area contributed by atoms with Gasteiger partial charge in [0.05, 0.1) is 20.3 Å². The molecule has 5 nitrogen and oxygen atoms in total.